The molecule has 0 saturated heterocycles. The van der Waals surface area contributed by atoms with Crippen LogP contribution in [0.3, 0.4) is 0 Å². The fourth-order valence-electron chi connectivity index (χ4n) is 2.41. The zero-order valence-electron chi connectivity index (χ0n) is 12.5. The SMILES string of the molecule is Cc1cccc(NC(=O)CNc2ccc3ccccc3c2)c1. The second-order valence-corrected chi connectivity index (χ2v) is 5.33. The van der Waals surface area contributed by atoms with Crippen LogP contribution in [0.15, 0.2) is 66.7 Å². The summed E-state index contributed by atoms with van der Waals surface area (Å²) in [5.74, 6) is -0.0567. The van der Waals surface area contributed by atoms with E-state index in [1.54, 1.807) is 0 Å². The van der Waals surface area contributed by atoms with Crippen LogP contribution in [-0.4, -0.2) is 12.5 Å². The second-order valence-electron chi connectivity index (χ2n) is 5.33. The van der Waals surface area contributed by atoms with E-state index < -0.39 is 0 Å². The predicted octanol–water partition coefficient (Wildman–Crippen LogP) is 4.20. The maximum absolute atomic E-state index is 12.0. The smallest absolute Gasteiger partial charge is 0.243 e. The zero-order chi connectivity index (χ0) is 15.4. The predicted molar refractivity (Wildman–Crippen MR) is 92.2 cm³/mol. The summed E-state index contributed by atoms with van der Waals surface area (Å²) in [5, 5.41) is 8.40. The van der Waals surface area contributed by atoms with E-state index in [1.165, 1.54) is 5.39 Å². The van der Waals surface area contributed by atoms with E-state index in [9.17, 15) is 4.79 Å². The molecule has 0 unspecified atom stereocenters. The van der Waals surface area contributed by atoms with Gasteiger partial charge >= 0.3 is 0 Å². The number of rotatable bonds is 4. The Kier molecular flexibility index (Phi) is 4.05. The highest BCUT2D eigenvalue weighted by atomic mass is 16.1. The molecule has 0 aromatic heterocycles. The molecular weight excluding hydrogens is 272 g/mol. The number of carbonyl (C=O) groups is 1. The molecule has 0 aliphatic carbocycles. The van der Waals surface area contributed by atoms with Crippen molar-refractivity contribution in [1.29, 1.82) is 0 Å². The highest BCUT2D eigenvalue weighted by Gasteiger charge is 2.03. The van der Waals surface area contributed by atoms with Gasteiger partial charge in [-0.1, -0.05) is 42.5 Å². The average Bonchev–Trinajstić information content (AvgIpc) is 2.53. The first-order valence-electron chi connectivity index (χ1n) is 7.30. The van der Waals surface area contributed by atoms with Crippen LogP contribution < -0.4 is 10.6 Å². The number of anilines is 2. The number of hydrogen-bond donors (Lipinski definition) is 2. The Morgan fingerprint density at radius 2 is 1.68 bits per heavy atom. The fourth-order valence-corrected chi connectivity index (χ4v) is 2.41. The van der Waals surface area contributed by atoms with Crippen molar-refractivity contribution in [2.24, 2.45) is 0 Å². The first-order valence-corrected chi connectivity index (χ1v) is 7.30. The standard InChI is InChI=1S/C19H18N2O/c1-14-5-4-8-18(11-14)21-19(22)13-20-17-10-9-15-6-2-3-7-16(15)12-17/h2-12,20H,13H2,1H3,(H,21,22). The molecule has 0 spiro atoms. The van der Waals surface area contributed by atoms with Gasteiger partial charge in [-0.05, 0) is 47.5 Å². The maximum atomic E-state index is 12.0. The summed E-state index contributed by atoms with van der Waals surface area (Å²) in [6.45, 7) is 2.25. The monoisotopic (exact) mass is 290 g/mol. The Balaban J connectivity index is 1.62. The number of fused-ring (bicyclic) bond motifs is 1. The number of nitrogens with one attached hydrogen (secondary N) is 2. The third kappa shape index (κ3) is 3.44. The lowest BCUT2D eigenvalue weighted by Gasteiger charge is -2.09. The van der Waals surface area contributed by atoms with Crippen molar-refractivity contribution in [1.82, 2.24) is 0 Å². The van der Waals surface area contributed by atoms with Gasteiger partial charge in [0.25, 0.3) is 0 Å². The van der Waals surface area contributed by atoms with Crippen molar-refractivity contribution >= 4 is 28.1 Å². The minimum absolute atomic E-state index is 0.0567. The lowest BCUT2D eigenvalue weighted by Crippen LogP contribution is -2.21. The summed E-state index contributed by atoms with van der Waals surface area (Å²) in [6.07, 6.45) is 0. The Labute approximate surface area is 130 Å². The van der Waals surface area contributed by atoms with Crippen LogP contribution in [0.2, 0.25) is 0 Å². The largest absolute Gasteiger partial charge is 0.376 e. The van der Waals surface area contributed by atoms with Crippen molar-refractivity contribution in [3.8, 4) is 0 Å². The number of hydrogen-bond acceptors (Lipinski definition) is 2. The van der Waals surface area contributed by atoms with Crippen molar-refractivity contribution in [3.63, 3.8) is 0 Å². The maximum Gasteiger partial charge on any atom is 0.243 e. The van der Waals surface area contributed by atoms with Gasteiger partial charge in [-0.3, -0.25) is 4.79 Å². The van der Waals surface area contributed by atoms with E-state index in [0.29, 0.717) is 0 Å². The first kappa shape index (κ1) is 14.1. The summed E-state index contributed by atoms with van der Waals surface area (Å²) < 4.78 is 0. The molecular formula is C19H18N2O. The Hall–Kier alpha value is -2.81. The normalized spacial score (nSPS) is 10.4. The van der Waals surface area contributed by atoms with Gasteiger partial charge in [-0.15, -0.1) is 0 Å². The molecule has 3 rings (SSSR count). The Morgan fingerprint density at radius 1 is 0.864 bits per heavy atom. The van der Waals surface area contributed by atoms with Gasteiger partial charge in [-0.2, -0.15) is 0 Å². The Morgan fingerprint density at radius 3 is 2.50 bits per heavy atom. The van der Waals surface area contributed by atoms with Crippen molar-refractivity contribution in [2.75, 3.05) is 17.2 Å². The molecule has 22 heavy (non-hydrogen) atoms. The van der Waals surface area contributed by atoms with Crippen LogP contribution >= 0.6 is 0 Å². The average molecular weight is 290 g/mol. The molecule has 2 N–H and O–H groups in total. The third-order valence-electron chi connectivity index (χ3n) is 3.50. The van der Waals surface area contributed by atoms with Crippen molar-refractivity contribution in [3.05, 3.63) is 72.3 Å². The topological polar surface area (TPSA) is 41.1 Å². The summed E-state index contributed by atoms with van der Waals surface area (Å²) in [7, 11) is 0. The molecule has 0 bridgehead atoms. The van der Waals surface area contributed by atoms with Crippen LogP contribution in [-0.2, 0) is 4.79 Å². The number of amides is 1. The van der Waals surface area contributed by atoms with Gasteiger partial charge in [0.15, 0.2) is 0 Å². The molecule has 0 radical (unpaired) electrons. The number of benzene rings is 3. The van der Waals surface area contributed by atoms with E-state index in [1.807, 2.05) is 49.4 Å². The van der Waals surface area contributed by atoms with Crippen molar-refractivity contribution in [2.45, 2.75) is 6.92 Å². The minimum atomic E-state index is -0.0567. The minimum Gasteiger partial charge on any atom is -0.376 e. The lowest BCUT2D eigenvalue weighted by molar-refractivity contribution is -0.114. The summed E-state index contributed by atoms with van der Waals surface area (Å²) >= 11 is 0. The van der Waals surface area contributed by atoms with Crippen molar-refractivity contribution < 1.29 is 4.79 Å². The molecule has 0 saturated carbocycles. The van der Waals surface area contributed by atoms with Gasteiger partial charge in [0.2, 0.25) is 5.91 Å². The molecule has 0 aliphatic heterocycles. The molecule has 1 amide bonds. The van der Waals surface area contributed by atoms with Crippen LogP contribution in [0.25, 0.3) is 10.8 Å². The van der Waals surface area contributed by atoms with E-state index in [2.05, 4.69) is 34.9 Å². The molecule has 3 aromatic carbocycles. The van der Waals surface area contributed by atoms with Crippen LogP contribution in [0.4, 0.5) is 11.4 Å². The molecule has 3 heteroatoms. The van der Waals surface area contributed by atoms with Gasteiger partial charge in [0.05, 0.1) is 6.54 Å². The van der Waals surface area contributed by atoms with Crippen LogP contribution in [0.5, 0.6) is 0 Å². The molecule has 0 fully saturated rings. The Bertz CT molecular complexity index is 811. The zero-order valence-corrected chi connectivity index (χ0v) is 12.5. The summed E-state index contributed by atoms with van der Waals surface area (Å²) in [6, 6.07) is 22.0. The molecule has 0 heterocycles. The number of carbonyl (C=O) groups excluding carboxylic acids is 1. The van der Waals surface area contributed by atoms with E-state index in [0.717, 1.165) is 22.3 Å². The highest BCUT2D eigenvalue weighted by molar-refractivity contribution is 5.94. The molecule has 0 aliphatic rings. The first-order chi connectivity index (χ1) is 10.7. The van der Waals surface area contributed by atoms with E-state index in [-0.39, 0.29) is 12.5 Å². The van der Waals surface area contributed by atoms with Gasteiger partial charge in [-0.25, -0.2) is 0 Å². The van der Waals surface area contributed by atoms with Crippen LogP contribution in [0.1, 0.15) is 5.56 Å². The molecule has 0 atom stereocenters. The highest BCUT2D eigenvalue weighted by Crippen LogP contribution is 2.18. The second kappa shape index (κ2) is 6.31. The summed E-state index contributed by atoms with van der Waals surface area (Å²) in [4.78, 5) is 12.0. The van der Waals surface area contributed by atoms with E-state index >= 15 is 0 Å². The van der Waals surface area contributed by atoms with Gasteiger partial charge < -0.3 is 10.6 Å². The molecule has 110 valence electrons. The lowest BCUT2D eigenvalue weighted by atomic mass is 10.1. The van der Waals surface area contributed by atoms with Gasteiger partial charge in [0, 0.05) is 11.4 Å². The molecule has 3 aromatic rings. The third-order valence-corrected chi connectivity index (χ3v) is 3.50. The fraction of sp³-hybridized carbons (Fsp3) is 0.105. The van der Waals surface area contributed by atoms with Crippen LogP contribution in [0, 0.1) is 6.92 Å². The van der Waals surface area contributed by atoms with Gasteiger partial charge in [0.1, 0.15) is 0 Å². The summed E-state index contributed by atoms with van der Waals surface area (Å²) in [5.41, 5.74) is 2.89. The quantitative estimate of drug-likeness (QED) is 0.756. The number of aryl methyl sites for hydroxylation is 1. The van der Waals surface area contributed by atoms with E-state index in [4.69, 9.17) is 0 Å². The molecule has 3 nitrogen and oxygen atoms in total.